The number of carbonyl (C=O) groups excluding carboxylic acids is 2. The van der Waals surface area contributed by atoms with E-state index in [1.54, 1.807) is 19.1 Å². The average Bonchev–Trinajstić information content (AvgIpc) is 2.46. The van der Waals surface area contributed by atoms with Crippen LogP contribution in [0, 0.1) is 0 Å². The molecule has 2 N–H and O–H groups in total. The quantitative estimate of drug-likeness (QED) is 0.690. The van der Waals surface area contributed by atoms with Crippen LogP contribution in [-0.4, -0.2) is 57.1 Å². The summed E-state index contributed by atoms with van der Waals surface area (Å²) in [5.41, 5.74) is 0.959. The van der Waals surface area contributed by atoms with Gasteiger partial charge < -0.3 is 19.9 Å². The molecule has 1 rings (SSSR count). The molecule has 0 heterocycles. The molecular weight excluding hydrogens is 294 g/mol. The van der Waals surface area contributed by atoms with Gasteiger partial charge in [-0.2, -0.15) is 0 Å². The van der Waals surface area contributed by atoms with Crippen molar-refractivity contribution in [1.29, 1.82) is 0 Å². The fourth-order valence-electron chi connectivity index (χ4n) is 2.28. The highest BCUT2D eigenvalue weighted by molar-refractivity contribution is 5.79. The Labute approximate surface area is 138 Å². The molecule has 6 heteroatoms. The van der Waals surface area contributed by atoms with Crippen molar-refractivity contribution in [3.8, 4) is 5.75 Å². The van der Waals surface area contributed by atoms with Gasteiger partial charge in [0.15, 0.2) is 13.1 Å². The fraction of sp³-hybridized carbons (Fsp3) is 0.529. The summed E-state index contributed by atoms with van der Waals surface area (Å²) in [4.78, 5) is 26.5. The maximum absolute atomic E-state index is 12.3. The van der Waals surface area contributed by atoms with Crippen LogP contribution in [0.25, 0.3) is 0 Å². The van der Waals surface area contributed by atoms with Crippen LogP contribution in [0.4, 0.5) is 0 Å². The second kappa shape index (κ2) is 9.15. The number of carbonyl (C=O) groups is 2. The number of para-hydroxylation sites is 1. The number of nitrogens with one attached hydrogen (secondary N) is 2. The summed E-state index contributed by atoms with van der Waals surface area (Å²) in [6.45, 7) is 4.87. The summed E-state index contributed by atoms with van der Waals surface area (Å²) >= 11 is 0. The van der Waals surface area contributed by atoms with Gasteiger partial charge in [0.2, 0.25) is 0 Å². The van der Waals surface area contributed by atoms with Crippen molar-refractivity contribution in [2.45, 2.75) is 26.4 Å². The molecule has 0 aliphatic carbocycles. The second-order valence-electron chi connectivity index (χ2n) is 6.09. The molecule has 0 bridgehead atoms. The third kappa shape index (κ3) is 6.69. The van der Waals surface area contributed by atoms with Gasteiger partial charge in [0.25, 0.3) is 11.8 Å². The molecule has 1 aromatic carbocycles. The van der Waals surface area contributed by atoms with Crippen LogP contribution in [0.3, 0.4) is 0 Å². The van der Waals surface area contributed by atoms with E-state index in [-0.39, 0.29) is 30.9 Å². The highest BCUT2D eigenvalue weighted by Gasteiger charge is 2.18. The topological polar surface area (TPSA) is 63.1 Å². The molecule has 0 aliphatic rings. The third-order valence-corrected chi connectivity index (χ3v) is 3.39. The number of hydrogen-bond donors (Lipinski definition) is 2. The molecule has 6 nitrogen and oxygen atoms in total. The van der Waals surface area contributed by atoms with E-state index in [2.05, 4.69) is 5.32 Å². The van der Waals surface area contributed by atoms with Crippen LogP contribution < -0.4 is 15.0 Å². The number of hydrogen-bond acceptors (Lipinski definition) is 3. The molecule has 1 unspecified atom stereocenters. The molecule has 128 valence electrons. The van der Waals surface area contributed by atoms with Gasteiger partial charge in [-0.15, -0.1) is 0 Å². The molecule has 0 spiro atoms. The maximum Gasteiger partial charge on any atom is 0.277 e. The van der Waals surface area contributed by atoms with E-state index >= 15 is 0 Å². The van der Waals surface area contributed by atoms with E-state index in [0.717, 1.165) is 16.2 Å². The lowest BCUT2D eigenvalue weighted by Crippen LogP contribution is -3.11. The smallest absolute Gasteiger partial charge is 0.277 e. The molecule has 0 radical (unpaired) electrons. The predicted octanol–water partition coefficient (Wildman–Crippen LogP) is -0.307. The Kier molecular flexibility index (Phi) is 7.54. The summed E-state index contributed by atoms with van der Waals surface area (Å²) in [5.74, 6) is 0.715. The SMILES string of the molecule is COc1ccccc1CN(C)C(=O)C[NH+](C)CC(=O)NC(C)C. The van der Waals surface area contributed by atoms with Crippen LogP contribution in [-0.2, 0) is 16.1 Å². The van der Waals surface area contributed by atoms with Crippen LogP contribution >= 0.6 is 0 Å². The number of ether oxygens (including phenoxy) is 1. The van der Waals surface area contributed by atoms with Gasteiger partial charge >= 0.3 is 0 Å². The summed E-state index contributed by atoms with van der Waals surface area (Å²) < 4.78 is 5.30. The minimum atomic E-state index is -0.0438. The lowest BCUT2D eigenvalue weighted by atomic mass is 10.2. The fourth-order valence-corrected chi connectivity index (χ4v) is 2.28. The number of nitrogens with zero attached hydrogens (tertiary/aromatic N) is 1. The van der Waals surface area contributed by atoms with Crippen LogP contribution in [0.1, 0.15) is 19.4 Å². The van der Waals surface area contributed by atoms with Crippen LogP contribution in [0.15, 0.2) is 24.3 Å². The van der Waals surface area contributed by atoms with Crippen molar-refractivity contribution >= 4 is 11.8 Å². The standard InChI is InChI=1S/C17H27N3O3/c1-13(2)18-16(21)11-19(3)12-17(22)20(4)10-14-8-6-7-9-15(14)23-5/h6-9,13H,10-12H2,1-5H3,(H,18,21)/p+1. The van der Waals surface area contributed by atoms with Gasteiger partial charge in [-0.3, -0.25) is 9.59 Å². The number of amides is 2. The van der Waals surface area contributed by atoms with E-state index in [0.29, 0.717) is 6.54 Å². The molecular formula is C17H28N3O3+. The lowest BCUT2D eigenvalue weighted by molar-refractivity contribution is -0.863. The van der Waals surface area contributed by atoms with Gasteiger partial charge in [-0.1, -0.05) is 18.2 Å². The van der Waals surface area contributed by atoms with Crippen LogP contribution in [0.2, 0.25) is 0 Å². The van der Waals surface area contributed by atoms with Crippen molar-refractivity contribution < 1.29 is 19.2 Å². The zero-order valence-electron chi connectivity index (χ0n) is 14.7. The Morgan fingerprint density at radius 1 is 1.26 bits per heavy atom. The first kappa shape index (κ1) is 19.0. The van der Waals surface area contributed by atoms with Gasteiger partial charge in [0.05, 0.1) is 14.2 Å². The monoisotopic (exact) mass is 322 g/mol. The molecule has 2 amide bonds. The van der Waals surface area contributed by atoms with Crippen molar-refractivity contribution in [1.82, 2.24) is 10.2 Å². The van der Waals surface area contributed by atoms with Crippen molar-refractivity contribution in [2.75, 3.05) is 34.3 Å². The molecule has 0 saturated heterocycles. The molecule has 0 aromatic heterocycles. The Balaban J connectivity index is 2.52. The summed E-state index contributed by atoms with van der Waals surface area (Å²) in [5, 5.41) is 2.83. The number of benzene rings is 1. The third-order valence-electron chi connectivity index (χ3n) is 3.39. The van der Waals surface area contributed by atoms with E-state index < -0.39 is 0 Å². The lowest BCUT2D eigenvalue weighted by Gasteiger charge is -2.21. The number of methoxy groups -OCH3 is 1. The Bertz CT molecular complexity index is 532. The predicted molar refractivity (Wildman–Crippen MR) is 89.4 cm³/mol. The van der Waals surface area contributed by atoms with Gasteiger partial charge in [-0.05, 0) is 19.9 Å². The average molecular weight is 322 g/mol. The zero-order valence-corrected chi connectivity index (χ0v) is 14.7. The van der Waals surface area contributed by atoms with E-state index in [9.17, 15) is 9.59 Å². The Morgan fingerprint density at radius 2 is 1.91 bits per heavy atom. The molecule has 0 fully saturated rings. The first-order valence-electron chi connectivity index (χ1n) is 7.80. The Morgan fingerprint density at radius 3 is 2.52 bits per heavy atom. The molecule has 0 aliphatic heterocycles. The molecule has 1 atom stereocenters. The van der Waals surface area contributed by atoms with Crippen molar-refractivity contribution in [3.63, 3.8) is 0 Å². The minimum absolute atomic E-state index is 0.00856. The summed E-state index contributed by atoms with van der Waals surface area (Å²) in [6.07, 6.45) is 0. The van der Waals surface area contributed by atoms with Gasteiger partial charge in [-0.25, -0.2) is 0 Å². The van der Waals surface area contributed by atoms with Crippen molar-refractivity contribution in [2.24, 2.45) is 0 Å². The molecule has 0 saturated carbocycles. The number of likely N-dealkylation sites (N-methyl/N-ethyl adjacent to an activating group) is 2. The largest absolute Gasteiger partial charge is 0.496 e. The van der Waals surface area contributed by atoms with Gasteiger partial charge in [0.1, 0.15) is 5.75 Å². The zero-order chi connectivity index (χ0) is 17.4. The maximum atomic E-state index is 12.3. The van der Waals surface area contributed by atoms with E-state index in [1.165, 1.54) is 0 Å². The first-order valence-corrected chi connectivity index (χ1v) is 7.80. The summed E-state index contributed by atoms with van der Waals surface area (Å²) in [6, 6.07) is 7.75. The van der Waals surface area contributed by atoms with E-state index in [4.69, 9.17) is 4.74 Å². The Hall–Kier alpha value is -2.08. The summed E-state index contributed by atoms with van der Waals surface area (Å²) in [7, 11) is 5.22. The number of quaternary nitrogens is 1. The normalized spacial score (nSPS) is 11.9. The highest BCUT2D eigenvalue weighted by Crippen LogP contribution is 2.18. The van der Waals surface area contributed by atoms with E-state index in [1.807, 2.05) is 45.2 Å². The molecule has 1 aromatic rings. The first-order chi connectivity index (χ1) is 10.8. The van der Waals surface area contributed by atoms with Gasteiger partial charge in [0, 0.05) is 25.2 Å². The minimum Gasteiger partial charge on any atom is -0.496 e. The highest BCUT2D eigenvalue weighted by atomic mass is 16.5. The molecule has 23 heavy (non-hydrogen) atoms. The number of rotatable bonds is 8. The van der Waals surface area contributed by atoms with Crippen LogP contribution in [0.5, 0.6) is 5.75 Å². The second-order valence-corrected chi connectivity index (χ2v) is 6.09. The van der Waals surface area contributed by atoms with Crippen molar-refractivity contribution in [3.05, 3.63) is 29.8 Å².